The second-order valence-corrected chi connectivity index (χ2v) is 3.27. The maximum absolute atomic E-state index is 9.68. The Morgan fingerprint density at radius 2 is 1.33 bits per heavy atom. The van der Waals surface area contributed by atoms with Gasteiger partial charge in [0.25, 0.3) is 0 Å². The Morgan fingerprint density at radius 3 is 1.42 bits per heavy atom. The molecule has 0 rings (SSSR count). The van der Waals surface area contributed by atoms with E-state index in [9.17, 15) is 21.4 Å². The maximum Gasteiger partial charge on any atom is 1.00 e. The average molecular weight is 206 g/mol. The molecule has 0 amide bonds. The van der Waals surface area contributed by atoms with E-state index in [1.165, 1.54) is 0 Å². The van der Waals surface area contributed by atoms with Crippen LogP contribution in [0.1, 0.15) is 0 Å². The van der Waals surface area contributed by atoms with Gasteiger partial charge in [0.15, 0.2) is 0 Å². The summed E-state index contributed by atoms with van der Waals surface area (Å²) in [4.78, 5) is 0. The molecule has 62 valence electrons. The molecule has 0 spiro atoms. The molecular weight excluding hydrogens is 206 g/mol. The summed E-state index contributed by atoms with van der Waals surface area (Å²) in [6, 6.07) is 0. The fourth-order valence-electron chi connectivity index (χ4n) is 0.113. The summed E-state index contributed by atoms with van der Waals surface area (Å²) in [6.45, 7) is 0. The van der Waals surface area contributed by atoms with Crippen LogP contribution in [0.4, 0.5) is 0 Å². The first kappa shape index (κ1) is 18.7. The zero-order valence-corrected chi connectivity index (χ0v) is 7.72. The van der Waals surface area contributed by atoms with Gasteiger partial charge in [-0.15, -0.1) is 3.63 Å². The van der Waals surface area contributed by atoms with E-state index in [2.05, 4.69) is 7.96 Å². The first-order chi connectivity index (χ1) is 4.27. The molecular formula is Li2O8S2. The maximum atomic E-state index is 9.68. The molecule has 0 aromatic carbocycles. The van der Waals surface area contributed by atoms with Crippen LogP contribution in [-0.4, -0.2) is 21.4 Å². The molecule has 0 unspecified atom stereocenters. The third-order valence-electron chi connectivity index (χ3n) is 0.250. The number of rotatable bonds is 3. The largest absolute Gasteiger partial charge is 1.00 e. The summed E-state index contributed by atoms with van der Waals surface area (Å²) in [6.07, 6.45) is 0. The fourth-order valence-corrected chi connectivity index (χ4v) is 1.02. The summed E-state index contributed by atoms with van der Waals surface area (Å²) < 4.78 is 52.5. The molecule has 8 nitrogen and oxygen atoms in total. The van der Waals surface area contributed by atoms with Crippen LogP contribution in [-0.2, 0) is 28.8 Å². The Kier molecular flexibility index (Phi) is 9.95. The van der Waals surface area contributed by atoms with Gasteiger partial charge >= 0.3 is 48.1 Å². The SMILES string of the molecule is O=S(=O)([O-])OS(=O)(=O)O[O-].[Li+].[Li+]. The second kappa shape index (κ2) is 6.40. The van der Waals surface area contributed by atoms with Crippen molar-refractivity contribution in [3.63, 3.8) is 0 Å². The zero-order chi connectivity index (χ0) is 8.41. The Labute approximate surface area is 92.8 Å². The van der Waals surface area contributed by atoms with Crippen molar-refractivity contribution in [2.24, 2.45) is 0 Å². The standard InChI is InChI=1S/2Li.H2O8S2/c;;1-7-10(5,6)8-9(2,3)4/h;;1H,(H,2,3,4)/q2*+1;/p-2. The Balaban J connectivity index is -0.000000405. The molecule has 0 N–H and O–H groups in total. The van der Waals surface area contributed by atoms with Gasteiger partial charge in [0.2, 0.25) is 10.4 Å². The van der Waals surface area contributed by atoms with E-state index in [1.807, 2.05) is 0 Å². The molecule has 0 heterocycles. The first-order valence-corrected chi connectivity index (χ1v) is 4.17. The van der Waals surface area contributed by atoms with Crippen LogP contribution in [0.5, 0.6) is 0 Å². The minimum absolute atomic E-state index is 0. The Bertz CT molecular complexity index is 283. The van der Waals surface area contributed by atoms with Crippen LogP contribution in [0.2, 0.25) is 0 Å². The van der Waals surface area contributed by atoms with Crippen LogP contribution in [0, 0.1) is 0 Å². The summed E-state index contributed by atoms with van der Waals surface area (Å²) in [5.41, 5.74) is 0. The van der Waals surface area contributed by atoms with Crippen molar-refractivity contribution in [2.45, 2.75) is 0 Å². The van der Waals surface area contributed by atoms with E-state index >= 15 is 0 Å². The van der Waals surface area contributed by atoms with Gasteiger partial charge in [-0.2, -0.15) is 8.42 Å². The van der Waals surface area contributed by atoms with Gasteiger partial charge in [0, 0.05) is 0 Å². The van der Waals surface area contributed by atoms with Crippen molar-refractivity contribution in [3.8, 4) is 0 Å². The fraction of sp³-hybridized carbons (Fsp3) is 0. The van der Waals surface area contributed by atoms with E-state index in [1.54, 1.807) is 0 Å². The van der Waals surface area contributed by atoms with Gasteiger partial charge in [0.05, 0.1) is 0 Å². The van der Waals surface area contributed by atoms with E-state index < -0.39 is 20.8 Å². The molecule has 0 saturated carbocycles. The van der Waals surface area contributed by atoms with Crippen molar-refractivity contribution < 1.29 is 72.3 Å². The molecule has 12 heteroatoms. The summed E-state index contributed by atoms with van der Waals surface area (Å²) in [5, 5.41) is 9.01. The molecule has 0 saturated heterocycles. The number of hydrogen-bond donors (Lipinski definition) is 0. The second-order valence-electron chi connectivity index (χ2n) is 0.953. The third kappa shape index (κ3) is 10.9. The molecule has 0 bridgehead atoms. The minimum Gasteiger partial charge on any atom is -0.725 e. The van der Waals surface area contributed by atoms with Crippen molar-refractivity contribution in [3.05, 3.63) is 0 Å². The number of hydrogen-bond acceptors (Lipinski definition) is 8. The smallest absolute Gasteiger partial charge is 0.725 e. The van der Waals surface area contributed by atoms with Crippen molar-refractivity contribution in [1.29, 1.82) is 0 Å². The van der Waals surface area contributed by atoms with Gasteiger partial charge in [-0.1, -0.05) is 0 Å². The first-order valence-electron chi connectivity index (χ1n) is 1.50. The van der Waals surface area contributed by atoms with Crippen LogP contribution in [0.3, 0.4) is 0 Å². The normalized spacial score (nSPS) is 11.2. The Morgan fingerprint density at radius 1 is 1.00 bits per heavy atom. The van der Waals surface area contributed by atoms with Gasteiger partial charge in [-0.25, -0.2) is 8.42 Å². The summed E-state index contributed by atoms with van der Waals surface area (Å²) in [7, 11) is -10.7. The van der Waals surface area contributed by atoms with Crippen molar-refractivity contribution >= 4 is 20.8 Å². The minimum atomic E-state index is -5.46. The Hall–Kier alpha value is 0.935. The molecule has 0 aliphatic heterocycles. The molecule has 0 aromatic heterocycles. The summed E-state index contributed by atoms with van der Waals surface area (Å²) >= 11 is 0. The van der Waals surface area contributed by atoms with Crippen molar-refractivity contribution in [2.75, 3.05) is 0 Å². The summed E-state index contributed by atoms with van der Waals surface area (Å²) in [5.74, 6) is 0. The van der Waals surface area contributed by atoms with Crippen LogP contribution < -0.4 is 43.0 Å². The molecule has 0 aliphatic rings. The molecule has 0 fully saturated rings. The molecule has 0 radical (unpaired) electrons. The van der Waals surface area contributed by atoms with Gasteiger partial charge in [0.1, 0.15) is 0 Å². The quantitative estimate of drug-likeness (QED) is 0.146. The van der Waals surface area contributed by atoms with Crippen LogP contribution in [0.25, 0.3) is 0 Å². The topological polar surface area (TPSA) is 133 Å². The average Bonchev–Trinajstić information content (AvgIpc) is 1.60. The molecule has 0 aliphatic carbocycles. The van der Waals surface area contributed by atoms with E-state index in [0.717, 1.165) is 0 Å². The zero-order valence-electron chi connectivity index (χ0n) is 6.08. The predicted molar refractivity (Wildman–Crippen MR) is 20.8 cm³/mol. The molecule has 0 atom stereocenters. The van der Waals surface area contributed by atoms with Gasteiger partial charge in [-0.3, -0.25) is 0 Å². The van der Waals surface area contributed by atoms with E-state index in [4.69, 9.17) is 5.26 Å². The van der Waals surface area contributed by atoms with Crippen molar-refractivity contribution in [1.82, 2.24) is 0 Å². The predicted octanol–water partition coefficient (Wildman–Crippen LogP) is -8.99. The van der Waals surface area contributed by atoms with Gasteiger partial charge in [-0.05, 0) is 0 Å². The monoisotopic (exact) mass is 206 g/mol. The van der Waals surface area contributed by atoms with Crippen LogP contribution >= 0.6 is 0 Å². The van der Waals surface area contributed by atoms with E-state index in [0.29, 0.717) is 0 Å². The van der Waals surface area contributed by atoms with Crippen LogP contribution in [0.15, 0.2) is 0 Å². The third-order valence-corrected chi connectivity index (χ3v) is 1.75. The van der Waals surface area contributed by atoms with E-state index in [-0.39, 0.29) is 37.7 Å². The molecule has 12 heavy (non-hydrogen) atoms. The van der Waals surface area contributed by atoms with Gasteiger partial charge < -0.3 is 14.1 Å². The molecule has 0 aromatic rings.